The lowest BCUT2D eigenvalue weighted by atomic mass is 10.2. The van der Waals surface area contributed by atoms with Crippen molar-refractivity contribution in [3.8, 4) is 11.5 Å². The summed E-state index contributed by atoms with van der Waals surface area (Å²) in [5.41, 5.74) is 6.64. The van der Waals surface area contributed by atoms with Crippen molar-refractivity contribution in [3.63, 3.8) is 0 Å². The highest BCUT2D eigenvalue weighted by atomic mass is 79.9. The van der Waals surface area contributed by atoms with Crippen molar-refractivity contribution in [2.24, 2.45) is 5.73 Å². The highest BCUT2D eigenvalue weighted by Crippen LogP contribution is 2.30. The van der Waals surface area contributed by atoms with E-state index in [0.29, 0.717) is 11.6 Å². The first-order valence-corrected chi connectivity index (χ1v) is 6.28. The van der Waals surface area contributed by atoms with E-state index in [2.05, 4.69) is 15.9 Å². The molecule has 2 nitrogen and oxygen atoms in total. The summed E-state index contributed by atoms with van der Waals surface area (Å²) in [5.74, 6) is 1.49. The Balaban J connectivity index is 2.29. The molecule has 0 aromatic heterocycles. The van der Waals surface area contributed by atoms with Crippen molar-refractivity contribution in [2.45, 2.75) is 6.54 Å². The molecule has 0 atom stereocenters. The van der Waals surface area contributed by atoms with Gasteiger partial charge in [-0.2, -0.15) is 0 Å². The molecule has 0 radical (unpaired) electrons. The molecule has 2 rings (SSSR count). The van der Waals surface area contributed by atoms with Crippen molar-refractivity contribution in [3.05, 3.63) is 57.5 Å². The minimum atomic E-state index is 0.421. The van der Waals surface area contributed by atoms with Gasteiger partial charge in [-0.25, -0.2) is 0 Å². The lowest BCUT2D eigenvalue weighted by molar-refractivity contribution is 0.476. The summed E-state index contributed by atoms with van der Waals surface area (Å²) in [6.45, 7) is 0.421. The number of benzene rings is 2. The molecule has 0 amide bonds. The monoisotopic (exact) mass is 311 g/mol. The standard InChI is InChI=1S/C13H11BrClNO/c14-12-2-1-3-13(11(12)8-16)17-10-6-4-9(15)5-7-10/h1-7H,8,16H2. The van der Waals surface area contributed by atoms with Crippen LogP contribution in [0.15, 0.2) is 46.9 Å². The molecule has 0 fully saturated rings. The smallest absolute Gasteiger partial charge is 0.133 e. The fraction of sp³-hybridized carbons (Fsp3) is 0.0769. The number of hydrogen-bond donors (Lipinski definition) is 1. The summed E-state index contributed by atoms with van der Waals surface area (Å²) in [6.07, 6.45) is 0. The van der Waals surface area contributed by atoms with Crippen molar-refractivity contribution >= 4 is 27.5 Å². The molecule has 17 heavy (non-hydrogen) atoms. The van der Waals surface area contributed by atoms with Crippen LogP contribution in [0.25, 0.3) is 0 Å². The molecular formula is C13H11BrClNO. The van der Waals surface area contributed by atoms with Crippen LogP contribution in [0.3, 0.4) is 0 Å². The maximum absolute atomic E-state index is 5.82. The Hall–Kier alpha value is -1.03. The van der Waals surface area contributed by atoms with E-state index < -0.39 is 0 Å². The van der Waals surface area contributed by atoms with Crippen LogP contribution in [0.2, 0.25) is 5.02 Å². The fourth-order valence-corrected chi connectivity index (χ4v) is 2.10. The lowest BCUT2D eigenvalue weighted by Gasteiger charge is -2.11. The molecule has 0 aliphatic heterocycles. The van der Waals surface area contributed by atoms with Crippen molar-refractivity contribution in [2.75, 3.05) is 0 Å². The second-order valence-electron chi connectivity index (χ2n) is 3.48. The second kappa shape index (κ2) is 5.54. The Morgan fingerprint density at radius 3 is 2.47 bits per heavy atom. The maximum Gasteiger partial charge on any atom is 0.133 e. The van der Waals surface area contributed by atoms with E-state index in [1.807, 2.05) is 30.3 Å². The van der Waals surface area contributed by atoms with E-state index in [-0.39, 0.29) is 0 Å². The van der Waals surface area contributed by atoms with Gasteiger partial charge in [0.2, 0.25) is 0 Å². The van der Waals surface area contributed by atoms with Gasteiger partial charge in [-0.1, -0.05) is 33.6 Å². The minimum Gasteiger partial charge on any atom is -0.457 e. The van der Waals surface area contributed by atoms with Gasteiger partial charge in [0.15, 0.2) is 0 Å². The Labute approximate surface area is 113 Å². The Morgan fingerprint density at radius 1 is 1.12 bits per heavy atom. The topological polar surface area (TPSA) is 35.2 Å². The summed E-state index contributed by atoms with van der Waals surface area (Å²) < 4.78 is 6.72. The number of hydrogen-bond acceptors (Lipinski definition) is 2. The molecular weight excluding hydrogens is 302 g/mol. The summed E-state index contributed by atoms with van der Waals surface area (Å²) in [5, 5.41) is 0.686. The van der Waals surface area contributed by atoms with Gasteiger partial charge in [0, 0.05) is 21.6 Å². The molecule has 88 valence electrons. The second-order valence-corrected chi connectivity index (χ2v) is 4.77. The van der Waals surface area contributed by atoms with E-state index >= 15 is 0 Å². The zero-order valence-electron chi connectivity index (χ0n) is 8.99. The van der Waals surface area contributed by atoms with Crippen molar-refractivity contribution < 1.29 is 4.74 Å². The van der Waals surface area contributed by atoms with Gasteiger partial charge in [0.25, 0.3) is 0 Å². The Bertz CT molecular complexity index is 513. The van der Waals surface area contributed by atoms with E-state index in [1.165, 1.54) is 0 Å². The van der Waals surface area contributed by atoms with Crippen LogP contribution in [0.5, 0.6) is 11.5 Å². The molecule has 0 heterocycles. The van der Waals surface area contributed by atoms with Crippen molar-refractivity contribution in [1.82, 2.24) is 0 Å². The molecule has 0 aliphatic rings. The van der Waals surface area contributed by atoms with Crippen LogP contribution in [0.4, 0.5) is 0 Å². The van der Waals surface area contributed by atoms with Gasteiger partial charge in [-0.3, -0.25) is 0 Å². The molecule has 0 unspecified atom stereocenters. The summed E-state index contributed by atoms with van der Waals surface area (Å²) >= 11 is 9.27. The van der Waals surface area contributed by atoms with E-state index in [9.17, 15) is 0 Å². The molecule has 0 aliphatic carbocycles. The van der Waals surface area contributed by atoms with Crippen LogP contribution in [-0.2, 0) is 6.54 Å². The Morgan fingerprint density at radius 2 is 1.82 bits per heavy atom. The third-order valence-electron chi connectivity index (χ3n) is 2.32. The number of rotatable bonds is 3. The SMILES string of the molecule is NCc1c(Br)cccc1Oc1ccc(Cl)cc1. The quantitative estimate of drug-likeness (QED) is 0.914. The highest BCUT2D eigenvalue weighted by molar-refractivity contribution is 9.10. The molecule has 0 saturated carbocycles. The Kier molecular flexibility index (Phi) is 4.05. The molecule has 2 N–H and O–H groups in total. The van der Waals surface area contributed by atoms with Crippen LogP contribution >= 0.6 is 27.5 Å². The normalized spacial score (nSPS) is 10.3. The van der Waals surface area contributed by atoms with Crippen molar-refractivity contribution in [1.29, 1.82) is 0 Å². The number of nitrogens with two attached hydrogens (primary N) is 1. The van der Waals surface area contributed by atoms with Gasteiger partial charge in [-0.05, 0) is 36.4 Å². The molecule has 4 heteroatoms. The first kappa shape index (κ1) is 12.4. The van der Waals surface area contributed by atoms with Gasteiger partial charge < -0.3 is 10.5 Å². The van der Waals surface area contributed by atoms with E-state index in [4.69, 9.17) is 22.1 Å². The number of halogens is 2. The summed E-state index contributed by atoms with van der Waals surface area (Å²) in [4.78, 5) is 0. The zero-order chi connectivity index (χ0) is 12.3. The van der Waals surface area contributed by atoms with Gasteiger partial charge >= 0.3 is 0 Å². The predicted molar refractivity (Wildman–Crippen MR) is 73.6 cm³/mol. The third-order valence-corrected chi connectivity index (χ3v) is 3.32. The summed E-state index contributed by atoms with van der Waals surface area (Å²) in [6, 6.07) is 13.0. The van der Waals surface area contributed by atoms with E-state index in [0.717, 1.165) is 21.5 Å². The largest absolute Gasteiger partial charge is 0.457 e. The van der Waals surface area contributed by atoms with Gasteiger partial charge in [0.1, 0.15) is 11.5 Å². The van der Waals surface area contributed by atoms with E-state index in [1.54, 1.807) is 12.1 Å². The molecule has 2 aromatic rings. The number of ether oxygens (including phenoxy) is 1. The molecule has 0 spiro atoms. The lowest BCUT2D eigenvalue weighted by Crippen LogP contribution is -2.00. The fourth-order valence-electron chi connectivity index (χ4n) is 1.46. The molecule has 2 aromatic carbocycles. The average Bonchev–Trinajstić information content (AvgIpc) is 2.32. The average molecular weight is 313 g/mol. The van der Waals surface area contributed by atoms with Crippen LogP contribution < -0.4 is 10.5 Å². The van der Waals surface area contributed by atoms with Gasteiger partial charge in [-0.15, -0.1) is 0 Å². The first-order chi connectivity index (χ1) is 8.20. The third kappa shape index (κ3) is 3.00. The molecule has 0 bridgehead atoms. The van der Waals surface area contributed by atoms with Crippen LogP contribution in [-0.4, -0.2) is 0 Å². The molecule has 0 saturated heterocycles. The highest BCUT2D eigenvalue weighted by Gasteiger charge is 2.06. The van der Waals surface area contributed by atoms with Gasteiger partial charge in [0.05, 0.1) is 0 Å². The first-order valence-electron chi connectivity index (χ1n) is 5.11. The zero-order valence-corrected chi connectivity index (χ0v) is 11.3. The summed E-state index contributed by atoms with van der Waals surface area (Å²) in [7, 11) is 0. The maximum atomic E-state index is 5.82. The van der Waals surface area contributed by atoms with Crippen LogP contribution in [0.1, 0.15) is 5.56 Å². The minimum absolute atomic E-state index is 0.421. The predicted octanol–water partition coefficient (Wildman–Crippen LogP) is 4.35. The van der Waals surface area contributed by atoms with Crippen LogP contribution in [0, 0.1) is 0 Å².